The second-order valence-corrected chi connectivity index (χ2v) is 9.74. The molecule has 5 rings (SSSR count). The summed E-state index contributed by atoms with van der Waals surface area (Å²) in [6, 6.07) is 10.5. The Kier molecular flexibility index (Phi) is 5.75. The van der Waals surface area contributed by atoms with Crippen LogP contribution in [-0.2, 0) is 16.0 Å². The van der Waals surface area contributed by atoms with Crippen LogP contribution in [0.2, 0.25) is 0 Å². The van der Waals surface area contributed by atoms with Crippen molar-refractivity contribution in [3.05, 3.63) is 35.9 Å². The number of hydrogen-bond donors (Lipinski definition) is 2. The van der Waals surface area contributed by atoms with E-state index in [1.54, 1.807) is 0 Å². The lowest BCUT2D eigenvalue weighted by Crippen LogP contribution is -2.59. The van der Waals surface area contributed by atoms with Crippen molar-refractivity contribution < 1.29 is 9.59 Å². The minimum atomic E-state index is -0.0128. The molecule has 1 atom stereocenters. The van der Waals surface area contributed by atoms with Crippen LogP contribution in [0, 0.1) is 17.8 Å². The van der Waals surface area contributed by atoms with Crippen LogP contribution < -0.4 is 10.6 Å². The van der Waals surface area contributed by atoms with Crippen LogP contribution in [0.1, 0.15) is 70.3 Å². The van der Waals surface area contributed by atoms with Crippen molar-refractivity contribution in [2.75, 3.05) is 0 Å². The summed E-state index contributed by atoms with van der Waals surface area (Å²) in [6.45, 7) is 2.04. The molecule has 0 heterocycles. The Morgan fingerprint density at radius 2 is 1.54 bits per heavy atom. The maximum absolute atomic E-state index is 12.5. The van der Waals surface area contributed by atoms with E-state index in [0.717, 1.165) is 49.9 Å². The van der Waals surface area contributed by atoms with Crippen molar-refractivity contribution in [3.63, 3.8) is 0 Å². The monoisotopic (exact) mass is 382 g/mol. The fourth-order valence-corrected chi connectivity index (χ4v) is 6.30. The summed E-state index contributed by atoms with van der Waals surface area (Å²) in [4.78, 5) is 24.8. The molecule has 4 nitrogen and oxygen atoms in total. The highest BCUT2D eigenvalue weighted by Crippen LogP contribution is 2.55. The molecule has 1 aromatic carbocycles. The van der Waals surface area contributed by atoms with Crippen LogP contribution >= 0.6 is 0 Å². The van der Waals surface area contributed by atoms with E-state index in [1.807, 2.05) is 25.1 Å². The fourth-order valence-electron chi connectivity index (χ4n) is 6.30. The zero-order valence-corrected chi connectivity index (χ0v) is 17.1. The number of benzene rings is 1. The second kappa shape index (κ2) is 8.26. The zero-order chi connectivity index (χ0) is 19.6. The van der Waals surface area contributed by atoms with Crippen molar-refractivity contribution in [2.45, 2.75) is 82.7 Å². The molecule has 0 aromatic heterocycles. The molecule has 0 aliphatic heterocycles. The van der Waals surface area contributed by atoms with Gasteiger partial charge in [0, 0.05) is 24.4 Å². The number of aryl methyl sites for hydroxylation is 1. The molecule has 152 valence electrons. The van der Waals surface area contributed by atoms with E-state index in [-0.39, 0.29) is 29.8 Å². The lowest BCUT2D eigenvalue weighted by atomic mass is 9.53. The highest BCUT2D eigenvalue weighted by Gasteiger charge is 2.51. The molecule has 0 radical (unpaired) electrons. The average molecular weight is 383 g/mol. The summed E-state index contributed by atoms with van der Waals surface area (Å²) < 4.78 is 0. The first-order valence-corrected chi connectivity index (χ1v) is 11.1. The average Bonchev–Trinajstić information content (AvgIpc) is 2.64. The summed E-state index contributed by atoms with van der Waals surface area (Å²) in [6.07, 6.45) is 10.1. The Hall–Kier alpha value is -1.84. The Balaban J connectivity index is 1.17. The third kappa shape index (κ3) is 4.76. The Bertz CT molecular complexity index is 665. The van der Waals surface area contributed by atoms with E-state index in [1.165, 1.54) is 24.8 Å². The smallest absolute Gasteiger partial charge is 0.220 e. The summed E-state index contributed by atoms with van der Waals surface area (Å²) in [5.41, 5.74) is 1.34. The molecule has 0 spiro atoms. The number of rotatable bonds is 8. The van der Waals surface area contributed by atoms with E-state index in [0.29, 0.717) is 6.42 Å². The first-order valence-electron chi connectivity index (χ1n) is 11.1. The van der Waals surface area contributed by atoms with Crippen LogP contribution in [0.25, 0.3) is 0 Å². The van der Waals surface area contributed by atoms with Crippen molar-refractivity contribution in [2.24, 2.45) is 17.8 Å². The Morgan fingerprint density at radius 3 is 2.14 bits per heavy atom. The Labute approximate surface area is 168 Å². The zero-order valence-electron chi connectivity index (χ0n) is 17.1. The first-order chi connectivity index (χ1) is 13.5. The second-order valence-electron chi connectivity index (χ2n) is 9.74. The van der Waals surface area contributed by atoms with Gasteiger partial charge in [-0.2, -0.15) is 0 Å². The molecular weight excluding hydrogens is 348 g/mol. The van der Waals surface area contributed by atoms with Gasteiger partial charge < -0.3 is 10.6 Å². The molecule has 1 aromatic rings. The summed E-state index contributed by atoms with van der Waals surface area (Å²) in [5, 5.41) is 6.41. The number of hydrogen-bond acceptors (Lipinski definition) is 2. The number of amides is 2. The normalized spacial score (nSPS) is 31.4. The van der Waals surface area contributed by atoms with Crippen LogP contribution in [0.15, 0.2) is 30.3 Å². The molecule has 0 unspecified atom stereocenters. The van der Waals surface area contributed by atoms with Crippen LogP contribution in [-0.4, -0.2) is 23.4 Å². The minimum absolute atomic E-state index is 0.0128. The van der Waals surface area contributed by atoms with Gasteiger partial charge in [-0.25, -0.2) is 0 Å². The van der Waals surface area contributed by atoms with Gasteiger partial charge in [0.25, 0.3) is 0 Å². The Morgan fingerprint density at radius 1 is 0.964 bits per heavy atom. The summed E-state index contributed by atoms with van der Waals surface area (Å²) >= 11 is 0. The lowest BCUT2D eigenvalue weighted by Gasteiger charge is -2.56. The number of carbonyl (C=O) groups excluding carboxylic acids is 2. The molecule has 0 saturated heterocycles. The fraction of sp³-hybridized carbons (Fsp3) is 0.667. The molecule has 4 bridgehead atoms. The van der Waals surface area contributed by atoms with Gasteiger partial charge in [0.1, 0.15) is 0 Å². The largest absolute Gasteiger partial charge is 0.354 e. The van der Waals surface area contributed by atoms with E-state index >= 15 is 0 Å². The third-order valence-electron chi connectivity index (χ3n) is 7.14. The van der Waals surface area contributed by atoms with Gasteiger partial charge in [0.15, 0.2) is 0 Å². The maximum atomic E-state index is 12.5. The molecule has 4 fully saturated rings. The molecule has 2 amide bonds. The molecule has 4 aliphatic carbocycles. The van der Waals surface area contributed by atoms with Crippen molar-refractivity contribution in [1.82, 2.24) is 10.6 Å². The van der Waals surface area contributed by atoms with Crippen molar-refractivity contribution in [3.8, 4) is 0 Å². The first kappa shape index (κ1) is 19.5. The van der Waals surface area contributed by atoms with Gasteiger partial charge in [0.05, 0.1) is 0 Å². The minimum Gasteiger partial charge on any atom is -0.354 e. The van der Waals surface area contributed by atoms with Crippen molar-refractivity contribution in [1.29, 1.82) is 0 Å². The molecule has 2 N–H and O–H groups in total. The summed E-state index contributed by atoms with van der Waals surface area (Å²) in [7, 11) is 0. The van der Waals surface area contributed by atoms with E-state index in [2.05, 4.69) is 22.8 Å². The number of carbonyl (C=O) groups is 2. The predicted molar refractivity (Wildman–Crippen MR) is 111 cm³/mol. The molecule has 4 aliphatic rings. The van der Waals surface area contributed by atoms with Crippen LogP contribution in [0.4, 0.5) is 0 Å². The highest BCUT2D eigenvalue weighted by atomic mass is 16.2. The third-order valence-corrected chi connectivity index (χ3v) is 7.14. The topological polar surface area (TPSA) is 58.2 Å². The van der Waals surface area contributed by atoms with Crippen molar-refractivity contribution >= 4 is 11.8 Å². The van der Waals surface area contributed by atoms with Crippen LogP contribution in [0.3, 0.4) is 0 Å². The van der Waals surface area contributed by atoms with Crippen LogP contribution in [0.5, 0.6) is 0 Å². The predicted octanol–water partition coefficient (Wildman–Crippen LogP) is 3.99. The van der Waals surface area contributed by atoms with E-state index < -0.39 is 0 Å². The van der Waals surface area contributed by atoms with Gasteiger partial charge in [-0.05, 0) is 81.6 Å². The molecule has 28 heavy (non-hydrogen) atoms. The molecule has 4 heteroatoms. The lowest BCUT2D eigenvalue weighted by molar-refractivity contribution is -0.130. The standard InChI is InChI=1S/C24H34N2O2/c1-17(7-8-18-5-3-2-4-6-18)25-22(27)9-10-23(28)26-24-14-19-11-20(15-24)13-21(12-19)16-24/h2-6,17,19-21H,7-16H2,1H3,(H,25,27)(H,26,28)/t17-,19?,20?,21?,24?/m1/s1. The quantitative estimate of drug-likeness (QED) is 0.714. The highest BCUT2D eigenvalue weighted by molar-refractivity contribution is 5.84. The van der Waals surface area contributed by atoms with Gasteiger partial charge in [-0.15, -0.1) is 0 Å². The van der Waals surface area contributed by atoms with E-state index in [4.69, 9.17) is 0 Å². The van der Waals surface area contributed by atoms with Gasteiger partial charge >= 0.3 is 0 Å². The maximum Gasteiger partial charge on any atom is 0.220 e. The van der Waals surface area contributed by atoms with E-state index in [9.17, 15) is 9.59 Å². The van der Waals surface area contributed by atoms with Gasteiger partial charge in [-0.3, -0.25) is 9.59 Å². The summed E-state index contributed by atoms with van der Waals surface area (Å²) in [5.74, 6) is 2.51. The van der Waals surface area contributed by atoms with Gasteiger partial charge in [0.2, 0.25) is 11.8 Å². The number of nitrogens with one attached hydrogen (secondary N) is 2. The van der Waals surface area contributed by atoms with Gasteiger partial charge in [-0.1, -0.05) is 30.3 Å². The SMILES string of the molecule is C[C@H](CCc1ccccc1)NC(=O)CCC(=O)NC12CC3CC(CC(C3)C1)C2. The molecular formula is C24H34N2O2. The molecule has 4 saturated carbocycles.